The van der Waals surface area contributed by atoms with Gasteiger partial charge in [-0.05, 0) is 41.1 Å². The molecule has 0 radical (unpaired) electrons. The van der Waals surface area contributed by atoms with E-state index in [0.29, 0.717) is 11.0 Å². The van der Waals surface area contributed by atoms with Crippen molar-refractivity contribution >= 4 is 60.4 Å². The molecule has 0 aliphatic carbocycles. The number of thiophene rings is 2. The zero-order valence-electron chi connectivity index (χ0n) is 8.70. The molecule has 0 N–H and O–H groups in total. The summed E-state index contributed by atoms with van der Waals surface area (Å²) in [4.78, 5) is 12.1. The Morgan fingerprint density at radius 1 is 1.24 bits per heavy atom. The summed E-state index contributed by atoms with van der Waals surface area (Å²) >= 11 is 12.9. The van der Waals surface area contributed by atoms with Crippen LogP contribution in [-0.4, -0.2) is 9.97 Å². The van der Waals surface area contributed by atoms with Crippen molar-refractivity contribution in [1.29, 1.82) is 0 Å². The molecule has 0 aliphatic rings. The van der Waals surface area contributed by atoms with Gasteiger partial charge in [0.25, 0.3) is 0 Å². The normalized spacial score (nSPS) is 11.2. The second-order valence-corrected chi connectivity index (χ2v) is 7.57. The third kappa shape index (κ3) is 2.12. The van der Waals surface area contributed by atoms with Gasteiger partial charge in [-0.15, -0.1) is 22.7 Å². The van der Waals surface area contributed by atoms with Crippen LogP contribution in [0.25, 0.3) is 20.9 Å². The first-order chi connectivity index (χ1) is 8.13. The number of aromatic nitrogens is 2. The number of rotatable bonds is 1. The van der Waals surface area contributed by atoms with Crippen molar-refractivity contribution in [2.24, 2.45) is 0 Å². The summed E-state index contributed by atoms with van der Waals surface area (Å²) in [5.41, 5.74) is 0. The molecule has 0 aliphatic heterocycles. The third-order valence-electron chi connectivity index (χ3n) is 2.26. The molecule has 0 atom stereocenters. The van der Waals surface area contributed by atoms with Crippen molar-refractivity contribution in [3.63, 3.8) is 0 Å². The minimum absolute atomic E-state index is 0.527. The molecule has 0 saturated heterocycles. The van der Waals surface area contributed by atoms with Crippen LogP contribution in [0.4, 0.5) is 0 Å². The molecule has 17 heavy (non-hydrogen) atoms. The molecule has 0 aromatic carbocycles. The summed E-state index contributed by atoms with van der Waals surface area (Å²) in [6.45, 7) is 2.05. The molecule has 0 unspecified atom stereocenters. The molecule has 6 heteroatoms. The van der Waals surface area contributed by atoms with Crippen LogP contribution in [0, 0.1) is 6.92 Å². The molecule has 2 nitrogen and oxygen atoms in total. The standard InChI is InChI=1S/C11H6BrClN2S2/c1-5-4-6-9(13)14-10(15-11(6)16-5)7-2-3-8(12)17-7/h2-4H,1H3. The first-order valence-electron chi connectivity index (χ1n) is 4.83. The summed E-state index contributed by atoms with van der Waals surface area (Å²) in [7, 11) is 0. The highest BCUT2D eigenvalue weighted by Crippen LogP contribution is 2.34. The van der Waals surface area contributed by atoms with Crippen LogP contribution in [-0.2, 0) is 0 Å². The first-order valence-corrected chi connectivity index (χ1v) is 7.63. The van der Waals surface area contributed by atoms with Crippen LogP contribution < -0.4 is 0 Å². The van der Waals surface area contributed by atoms with Gasteiger partial charge in [0, 0.05) is 10.3 Å². The van der Waals surface area contributed by atoms with Gasteiger partial charge in [0.05, 0.1) is 8.66 Å². The van der Waals surface area contributed by atoms with Crippen LogP contribution >= 0.6 is 50.2 Å². The van der Waals surface area contributed by atoms with E-state index < -0.39 is 0 Å². The van der Waals surface area contributed by atoms with Crippen LogP contribution in [0.5, 0.6) is 0 Å². The molecule has 0 spiro atoms. The Balaban J connectivity index is 2.24. The van der Waals surface area contributed by atoms with Crippen LogP contribution in [0.15, 0.2) is 22.0 Å². The minimum atomic E-state index is 0.527. The molecule has 3 aromatic rings. The summed E-state index contributed by atoms with van der Waals surface area (Å²) in [5, 5.41) is 1.47. The Morgan fingerprint density at radius 2 is 2.06 bits per heavy atom. The lowest BCUT2D eigenvalue weighted by atomic mass is 10.3. The summed E-state index contributed by atoms with van der Waals surface area (Å²) in [5.74, 6) is 0.694. The fraction of sp³-hybridized carbons (Fsp3) is 0.0909. The largest absolute Gasteiger partial charge is 0.216 e. The van der Waals surface area contributed by atoms with Crippen molar-refractivity contribution in [3.8, 4) is 10.7 Å². The van der Waals surface area contributed by atoms with E-state index >= 15 is 0 Å². The predicted molar refractivity (Wildman–Crippen MR) is 78.2 cm³/mol. The van der Waals surface area contributed by atoms with E-state index in [4.69, 9.17) is 11.6 Å². The van der Waals surface area contributed by atoms with E-state index in [9.17, 15) is 0 Å². The van der Waals surface area contributed by atoms with Crippen molar-refractivity contribution in [3.05, 3.63) is 32.0 Å². The van der Waals surface area contributed by atoms with Crippen molar-refractivity contribution in [1.82, 2.24) is 9.97 Å². The maximum absolute atomic E-state index is 6.18. The number of halogens is 2. The summed E-state index contributed by atoms with van der Waals surface area (Å²) in [6.07, 6.45) is 0. The smallest absolute Gasteiger partial charge is 0.172 e. The van der Waals surface area contributed by atoms with Gasteiger partial charge in [0.15, 0.2) is 5.82 Å². The molecule has 3 heterocycles. The first kappa shape index (κ1) is 11.6. The molecule has 3 rings (SSSR count). The maximum Gasteiger partial charge on any atom is 0.172 e. The monoisotopic (exact) mass is 344 g/mol. The minimum Gasteiger partial charge on any atom is -0.216 e. The Bertz CT molecular complexity index is 705. The van der Waals surface area contributed by atoms with E-state index in [1.807, 2.05) is 25.1 Å². The Morgan fingerprint density at radius 3 is 2.76 bits per heavy atom. The third-order valence-corrected chi connectivity index (χ3v) is 5.12. The molecule has 0 amide bonds. The van der Waals surface area contributed by atoms with E-state index in [-0.39, 0.29) is 0 Å². The van der Waals surface area contributed by atoms with Gasteiger partial charge in [-0.1, -0.05) is 11.6 Å². The van der Waals surface area contributed by atoms with Gasteiger partial charge in [0.2, 0.25) is 0 Å². The average Bonchev–Trinajstić information content (AvgIpc) is 2.83. The highest BCUT2D eigenvalue weighted by Gasteiger charge is 2.11. The van der Waals surface area contributed by atoms with E-state index in [0.717, 1.165) is 18.9 Å². The highest BCUT2D eigenvalue weighted by atomic mass is 79.9. The summed E-state index contributed by atoms with van der Waals surface area (Å²) < 4.78 is 1.06. The van der Waals surface area contributed by atoms with E-state index in [1.54, 1.807) is 22.7 Å². The Labute approximate surface area is 119 Å². The number of hydrogen-bond donors (Lipinski definition) is 0. The second kappa shape index (κ2) is 4.31. The van der Waals surface area contributed by atoms with E-state index in [2.05, 4.69) is 25.9 Å². The molecule has 0 fully saturated rings. The molecule has 86 valence electrons. The topological polar surface area (TPSA) is 25.8 Å². The van der Waals surface area contributed by atoms with Gasteiger partial charge >= 0.3 is 0 Å². The van der Waals surface area contributed by atoms with Crippen molar-refractivity contribution in [2.75, 3.05) is 0 Å². The molecule has 0 bridgehead atoms. The summed E-state index contributed by atoms with van der Waals surface area (Å²) in [6, 6.07) is 6.00. The SMILES string of the molecule is Cc1cc2c(Cl)nc(-c3ccc(Br)s3)nc2s1. The lowest BCUT2D eigenvalue weighted by Crippen LogP contribution is -1.86. The van der Waals surface area contributed by atoms with Crippen molar-refractivity contribution < 1.29 is 0 Å². The zero-order valence-corrected chi connectivity index (χ0v) is 12.7. The number of aryl methyl sites for hydroxylation is 1. The molecular formula is C11H6BrClN2S2. The predicted octanol–water partition coefficient (Wildman–Crippen LogP) is 5.14. The average molecular weight is 346 g/mol. The van der Waals surface area contributed by atoms with Crippen LogP contribution in [0.1, 0.15) is 4.88 Å². The van der Waals surface area contributed by atoms with Gasteiger partial charge < -0.3 is 0 Å². The number of nitrogens with zero attached hydrogens (tertiary/aromatic N) is 2. The quantitative estimate of drug-likeness (QED) is 0.570. The van der Waals surface area contributed by atoms with Gasteiger partial charge in [-0.25, -0.2) is 9.97 Å². The fourth-order valence-electron chi connectivity index (χ4n) is 1.55. The van der Waals surface area contributed by atoms with Gasteiger partial charge in [-0.3, -0.25) is 0 Å². The van der Waals surface area contributed by atoms with Crippen LogP contribution in [0.2, 0.25) is 5.15 Å². The number of hydrogen-bond acceptors (Lipinski definition) is 4. The van der Waals surface area contributed by atoms with Crippen molar-refractivity contribution in [2.45, 2.75) is 6.92 Å². The molecule has 0 saturated carbocycles. The lowest BCUT2D eigenvalue weighted by Gasteiger charge is -1.98. The Hall–Kier alpha value is -0.490. The number of fused-ring (bicyclic) bond motifs is 1. The molecular weight excluding hydrogens is 340 g/mol. The van der Waals surface area contributed by atoms with Crippen LogP contribution in [0.3, 0.4) is 0 Å². The lowest BCUT2D eigenvalue weighted by molar-refractivity contribution is 1.25. The zero-order chi connectivity index (χ0) is 12.0. The van der Waals surface area contributed by atoms with E-state index in [1.165, 1.54) is 4.88 Å². The van der Waals surface area contributed by atoms with Gasteiger partial charge in [0.1, 0.15) is 9.98 Å². The fourth-order valence-corrected chi connectivity index (χ4v) is 4.03. The Kier molecular flexibility index (Phi) is 2.94. The highest BCUT2D eigenvalue weighted by molar-refractivity contribution is 9.11. The van der Waals surface area contributed by atoms with Gasteiger partial charge in [-0.2, -0.15) is 0 Å². The molecule has 3 aromatic heterocycles. The second-order valence-electron chi connectivity index (χ2n) is 3.52. The maximum atomic E-state index is 6.18.